The summed E-state index contributed by atoms with van der Waals surface area (Å²) in [5.74, 6) is 0.583. The van der Waals surface area contributed by atoms with Gasteiger partial charge in [0.15, 0.2) is 0 Å². The highest BCUT2D eigenvalue weighted by atomic mass is 79.9. The van der Waals surface area contributed by atoms with Crippen molar-refractivity contribution >= 4 is 15.9 Å². The van der Waals surface area contributed by atoms with Crippen LogP contribution in [0.3, 0.4) is 0 Å². The van der Waals surface area contributed by atoms with Crippen molar-refractivity contribution in [3.05, 3.63) is 12.2 Å². The monoisotopic (exact) mass is 314 g/mol. The van der Waals surface area contributed by atoms with Crippen LogP contribution in [0, 0.1) is 16.7 Å². The molecule has 2 bridgehead atoms. The Balaban J connectivity index is 2.12. The molecule has 3 saturated carbocycles. The van der Waals surface area contributed by atoms with Crippen molar-refractivity contribution in [2.75, 3.05) is 0 Å². The van der Waals surface area contributed by atoms with Crippen LogP contribution in [0.15, 0.2) is 12.2 Å². The van der Waals surface area contributed by atoms with Gasteiger partial charge >= 0.3 is 0 Å². The third-order valence-electron chi connectivity index (χ3n) is 6.31. The third-order valence-corrected chi connectivity index (χ3v) is 8.06. The van der Waals surface area contributed by atoms with Crippen molar-refractivity contribution in [2.45, 2.75) is 62.5 Å². The van der Waals surface area contributed by atoms with Crippen LogP contribution >= 0.6 is 15.9 Å². The van der Waals surface area contributed by atoms with Crippen LogP contribution in [0.2, 0.25) is 0 Å². The van der Waals surface area contributed by atoms with Crippen molar-refractivity contribution < 1.29 is 10.2 Å². The van der Waals surface area contributed by atoms with Gasteiger partial charge in [-0.3, -0.25) is 0 Å². The van der Waals surface area contributed by atoms with Crippen molar-refractivity contribution in [1.29, 1.82) is 0 Å². The summed E-state index contributed by atoms with van der Waals surface area (Å²) in [6.45, 7) is 8.57. The number of rotatable bonds is 0. The van der Waals surface area contributed by atoms with E-state index in [0.29, 0.717) is 18.8 Å². The average molecular weight is 315 g/mol. The summed E-state index contributed by atoms with van der Waals surface area (Å²) in [7, 11) is 0. The molecule has 0 aromatic heterocycles. The van der Waals surface area contributed by atoms with Gasteiger partial charge in [-0.05, 0) is 37.0 Å². The SMILES string of the molecule is C=C1CC2(O)CC(O)C(Br)C(C)(C)C23CCC1C3. The summed E-state index contributed by atoms with van der Waals surface area (Å²) in [5, 5.41) is 21.5. The number of aliphatic hydroxyl groups excluding tert-OH is 1. The van der Waals surface area contributed by atoms with E-state index in [-0.39, 0.29) is 15.7 Å². The Morgan fingerprint density at radius 2 is 2.00 bits per heavy atom. The van der Waals surface area contributed by atoms with Gasteiger partial charge in [0.1, 0.15) is 0 Å². The number of hydrogen-bond acceptors (Lipinski definition) is 2. The Morgan fingerprint density at radius 1 is 1.33 bits per heavy atom. The van der Waals surface area contributed by atoms with E-state index < -0.39 is 11.7 Å². The predicted molar refractivity (Wildman–Crippen MR) is 75.6 cm³/mol. The van der Waals surface area contributed by atoms with Crippen molar-refractivity contribution in [2.24, 2.45) is 16.7 Å². The van der Waals surface area contributed by atoms with Crippen LogP contribution in [0.25, 0.3) is 0 Å². The molecule has 18 heavy (non-hydrogen) atoms. The summed E-state index contributed by atoms with van der Waals surface area (Å²) >= 11 is 3.69. The molecule has 3 rings (SSSR count). The van der Waals surface area contributed by atoms with E-state index in [2.05, 4.69) is 36.4 Å². The van der Waals surface area contributed by atoms with Crippen molar-refractivity contribution in [3.63, 3.8) is 0 Å². The molecule has 0 aromatic rings. The molecular weight excluding hydrogens is 292 g/mol. The molecular formula is C15H23BrO2. The smallest absolute Gasteiger partial charge is 0.0771 e. The highest BCUT2D eigenvalue weighted by Crippen LogP contribution is 2.70. The molecule has 3 fully saturated rings. The largest absolute Gasteiger partial charge is 0.392 e. The zero-order chi connectivity index (χ0) is 13.3. The fraction of sp³-hybridized carbons (Fsp3) is 0.867. The molecule has 0 amide bonds. The summed E-state index contributed by atoms with van der Waals surface area (Å²) < 4.78 is 0. The highest BCUT2D eigenvalue weighted by Gasteiger charge is 2.69. The lowest BCUT2D eigenvalue weighted by Gasteiger charge is -2.63. The number of aliphatic hydroxyl groups is 2. The molecule has 0 radical (unpaired) electrons. The van der Waals surface area contributed by atoms with Gasteiger partial charge in [0.05, 0.1) is 11.7 Å². The average Bonchev–Trinajstić information content (AvgIpc) is 2.68. The molecule has 5 unspecified atom stereocenters. The second-order valence-electron chi connectivity index (χ2n) is 7.28. The van der Waals surface area contributed by atoms with E-state index in [0.717, 1.165) is 19.3 Å². The van der Waals surface area contributed by atoms with Crippen LogP contribution in [-0.4, -0.2) is 26.7 Å². The number of alkyl halides is 1. The summed E-state index contributed by atoms with van der Waals surface area (Å²) in [6.07, 6.45) is 3.95. The number of fused-ring (bicyclic) bond motifs is 1. The lowest BCUT2D eigenvalue weighted by atomic mass is 9.46. The molecule has 3 aliphatic rings. The van der Waals surface area contributed by atoms with E-state index in [1.54, 1.807) is 0 Å². The van der Waals surface area contributed by atoms with Gasteiger partial charge in [-0.1, -0.05) is 41.9 Å². The standard InChI is InChI=1S/C15H23BrO2/c1-9-6-15(18)8-11(17)12(16)13(2,3)14(15)5-4-10(9)7-14/h10-12,17-18H,1,4-8H2,2-3H3. The molecule has 2 N–H and O–H groups in total. The Bertz CT molecular complexity index is 405. The second-order valence-corrected chi connectivity index (χ2v) is 8.27. The zero-order valence-corrected chi connectivity index (χ0v) is 12.8. The van der Waals surface area contributed by atoms with E-state index in [9.17, 15) is 10.2 Å². The van der Waals surface area contributed by atoms with Gasteiger partial charge in [-0.2, -0.15) is 0 Å². The van der Waals surface area contributed by atoms with Gasteiger partial charge in [0.2, 0.25) is 0 Å². The lowest BCUT2D eigenvalue weighted by Crippen LogP contribution is -2.66. The summed E-state index contributed by atoms with van der Waals surface area (Å²) in [6, 6.07) is 0. The van der Waals surface area contributed by atoms with Crippen LogP contribution in [-0.2, 0) is 0 Å². The van der Waals surface area contributed by atoms with Gasteiger partial charge in [0.25, 0.3) is 0 Å². The topological polar surface area (TPSA) is 40.5 Å². The second kappa shape index (κ2) is 3.62. The van der Waals surface area contributed by atoms with Gasteiger partial charge in [-0.15, -0.1) is 0 Å². The van der Waals surface area contributed by atoms with Crippen molar-refractivity contribution in [3.8, 4) is 0 Å². The Labute approximate surface area is 118 Å². The van der Waals surface area contributed by atoms with Crippen molar-refractivity contribution in [1.82, 2.24) is 0 Å². The van der Waals surface area contributed by atoms with Gasteiger partial charge in [0, 0.05) is 16.7 Å². The molecule has 3 aliphatic carbocycles. The van der Waals surface area contributed by atoms with Crippen LogP contribution in [0.5, 0.6) is 0 Å². The molecule has 3 heteroatoms. The normalized spacial score (nSPS) is 54.3. The minimum absolute atomic E-state index is 0.0563. The quantitative estimate of drug-likeness (QED) is 0.533. The fourth-order valence-electron chi connectivity index (χ4n) is 5.15. The minimum atomic E-state index is -0.760. The molecule has 0 aliphatic heterocycles. The van der Waals surface area contributed by atoms with E-state index >= 15 is 0 Å². The molecule has 1 spiro atoms. The first-order valence-electron chi connectivity index (χ1n) is 6.96. The third kappa shape index (κ3) is 1.31. The number of hydrogen-bond donors (Lipinski definition) is 2. The lowest BCUT2D eigenvalue weighted by molar-refractivity contribution is -0.204. The van der Waals surface area contributed by atoms with Crippen LogP contribution < -0.4 is 0 Å². The summed E-state index contributed by atoms with van der Waals surface area (Å²) in [4.78, 5) is 0.0652. The molecule has 2 nitrogen and oxygen atoms in total. The molecule has 0 heterocycles. The van der Waals surface area contributed by atoms with Crippen LogP contribution in [0.4, 0.5) is 0 Å². The fourth-order valence-corrected chi connectivity index (χ4v) is 5.78. The van der Waals surface area contributed by atoms with E-state index in [1.165, 1.54) is 5.57 Å². The molecule has 5 atom stereocenters. The van der Waals surface area contributed by atoms with Crippen LogP contribution in [0.1, 0.15) is 46.0 Å². The molecule has 102 valence electrons. The first kappa shape index (κ1) is 13.1. The highest BCUT2D eigenvalue weighted by molar-refractivity contribution is 9.09. The Morgan fingerprint density at radius 3 is 2.67 bits per heavy atom. The molecule has 0 aromatic carbocycles. The minimum Gasteiger partial charge on any atom is -0.392 e. The maximum absolute atomic E-state index is 11.2. The Kier molecular flexibility index (Phi) is 2.64. The maximum Gasteiger partial charge on any atom is 0.0771 e. The number of halogens is 1. The van der Waals surface area contributed by atoms with Gasteiger partial charge in [-0.25, -0.2) is 0 Å². The first-order valence-corrected chi connectivity index (χ1v) is 7.87. The van der Waals surface area contributed by atoms with Gasteiger partial charge < -0.3 is 10.2 Å². The Hall–Kier alpha value is 0.140. The molecule has 0 saturated heterocycles. The zero-order valence-electron chi connectivity index (χ0n) is 11.2. The van der Waals surface area contributed by atoms with E-state index in [1.807, 2.05) is 0 Å². The first-order chi connectivity index (χ1) is 8.23. The van der Waals surface area contributed by atoms with E-state index in [4.69, 9.17) is 0 Å². The predicted octanol–water partition coefficient (Wildman–Crippen LogP) is 3.02. The summed E-state index contributed by atoms with van der Waals surface area (Å²) in [5.41, 5.74) is 0.292. The maximum atomic E-state index is 11.2.